The fraction of sp³-hybridized carbons (Fsp3) is 0.333. The van der Waals surface area contributed by atoms with Crippen LogP contribution in [0.2, 0.25) is 5.02 Å². The van der Waals surface area contributed by atoms with E-state index in [1.54, 1.807) is 24.3 Å². The van der Waals surface area contributed by atoms with Gasteiger partial charge in [-0.1, -0.05) is 29.8 Å². The number of halogens is 4. The van der Waals surface area contributed by atoms with Gasteiger partial charge in [0.2, 0.25) is 0 Å². The molecule has 34 heavy (non-hydrogen) atoms. The molecule has 0 amide bonds. The van der Waals surface area contributed by atoms with Crippen molar-refractivity contribution in [2.24, 2.45) is 0 Å². The summed E-state index contributed by atoms with van der Waals surface area (Å²) in [7, 11) is 0. The highest BCUT2D eigenvalue weighted by Gasteiger charge is 2.44. The van der Waals surface area contributed by atoms with Crippen molar-refractivity contribution in [3.63, 3.8) is 0 Å². The zero-order valence-electron chi connectivity index (χ0n) is 17.6. The first-order chi connectivity index (χ1) is 16.2. The van der Waals surface area contributed by atoms with E-state index >= 15 is 0 Å². The predicted molar refractivity (Wildman–Crippen MR) is 122 cm³/mol. The maximum atomic E-state index is 14.0. The molecule has 1 fully saturated rings. The molecule has 4 N–H and O–H groups in total. The van der Waals surface area contributed by atoms with Crippen molar-refractivity contribution in [2.45, 2.75) is 43.4 Å². The quantitative estimate of drug-likeness (QED) is 0.395. The molecule has 0 spiro atoms. The van der Waals surface area contributed by atoms with E-state index in [1.165, 1.54) is 17.4 Å². The summed E-state index contributed by atoms with van der Waals surface area (Å²) < 4.78 is 45.2. The number of aliphatic hydroxyl groups excluding tert-OH is 4. The summed E-state index contributed by atoms with van der Waals surface area (Å²) in [6.07, 6.45) is -8.86. The molecule has 2 heterocycles. The second-order valence-corrected chi connectivity index (χ2v) is 9.66. The Morgan fingerprint density at radius 2 is 1.74 bits per heavy atom. The van der Waals surface area contributed by atoms with E-state index in [0.29, 0.717) is 33.0 Å². The molecule has 1 aliphatic heterocycles. The van der Waals surface area contributed by atoms with E-state index in [-0.39, 0.29) is 0 Å². The molecule has 5 atom stereocenters. The van der Waals surface area contributed by atoms with Gasteiger partial charge in [-0.15, -0.1) is 11.3 Å². The first-order valence-corrected chi connectivity index (χ1v) is 11.6. The lowest BCUT2D eigenvalue weighted by molar-refractivity contribution is -0.231. The van der Waals surface area contributed by atoms with Crippen molar-refractivity contribution >= 4 is 22.9 Å². The zero-order valence-corrected chi connectivity index (χ0v) is 19.2. The highest BCUT2D eigenvalue weighted by atomic mass is 35.5. The van der Waals surface area contributed by atoms with Crippen LogP contribution >= 0.6 is 22.9 Å². The highest BCUT2D eigenvalue weighted by molar-refractivity contribution is 7.15. The third-order valence-corrected chi connectivity index (χ3v) is 7.34. The van der Waals surface area contributed by atoms with Crippen LogP contribution in [0.1, 0.15) is 34.1 Å². The van der Waals surface area contributed by atoms with Crippen molar-refractivity contribution in [3.05, 3.63) is 80.9 Å². The minimum atomic E-state index is -2.88. The van der Waals surface area contributed by atoms with E-state index in [2.05, 4.69) is 0 Å². The molecule has 3 aromatic rings. The second kappa shape index (κ2) is 10.3. The van der Waals surface area contributed by atoms with Crippen molar-refractivity contribution in [2.75, 3.05) is 6.61 Å². The lowest BCUT2D eigenvalue weighted by atomic mass is 9.90. The molecule has 182 valence electrons. The first kappa shape index (κ1) is 25.1. The number of hydrogen-bond donors (Lipinski definition) is 4. The SMILES string of the molecule is OC[C@H]1O[C@@H](c2ccc(Cl)c(Cc3ccc(-c4ccc(C(F)F)c(F)c4)s3)c2)[C@H](O)[C@@H](O)[C@@H]1O. The van der Waals surface area contributed by atoms with Crippen molar-refractivity contribution in [1.29, 1.82) is 0 Å². The maximum absolute atomic E-state index is 14.0. The normalized spacial score (nSPS) is 25.1. The number of rotatable bonds is 6. The molecular weight excluding hydrogens is 493 g/mol. The first-order valence-electron chi connectivity index (χ1n) is 10.4. The Hall–Kier alpha value is -1.98. The van der Waals surface area contributed by atoms with Crippen molar-refractivity contribution in [1.82, 2.24) is 0 Å². The van der Waals surface area contributed by atoms with Gasteiger partial charge in [0, 0.05) is 21.2 Å². The van der Waals surface area contributed by atoms with Gasteiger partial charge in [-0.05, 0) is 47.0 Å². The standard InChI is InChI=1S/C24H22ClF3O5S/c25-16-5-2-12(23-22(32)21(31)20(30)18(10-29)33-23)7-13(16)8-14-3-6-19(34-14)11-1-4-15(24(27)28)17(26)9-11/h1-7,9,18,20-24,29-32H,8,10H2/t18-,20-,21+,22-,23+/m1/s1. The van der Waals surface area contributed by atoms with Crippen molar-refractivity contribution in [3.8, 4) is 10.4 Å². The summed E-state index contributed by atoms with van der Waals surface area (Å²) in [5.74, 6) is -0.960. The van der Waals surface area contributed by atoms with Gasteiger partial charge in [0.1, 0.15) is 36.3 Å². The molecule has 5 nitrogen and oxygen atoms in total. The van der Waals surface area contributed by atoms with Gasteiger partial charge in [-0.25, -0.2) is 13.2 Å². The van der Waals surface area contributed by atoms with Gasteiger partial charge >= 0.3 is 0 Å². The Balaban J connectivity index is 1.56. The number of thiophene rings is 1. The lowest BCUT2D eigenvalue weighted by Crippen LogP contribution is -2.55. The smallest absolute Gasteiger partial charge is 0.266 e. The van der Waals surface area contributed by atoms with Crippen LogP contribution in [0.15, 0.2) is 48.5 Å². The van der Waals surface area contributed by atoms with Gasteiger partial charge < -0.3 is 25.2 Å². The molecule has 1 aromatic heterocycles. The fourth-order valence-corrected chi connectivity index (χ4v) is 5.17. The third-order valence-electron chi connectivity index (χ3n) is 5.84. The van der Waals surface area contributed by atoms with E-state index in [4.69, 9.17) is 16.3 Å². The molecule has 10 heteroatoms. The van der Waals surface area contributed by atoms with Gasteiger partial charge in [0.15, 0.2) is 0 Å². The van der Waals surface area contributed by atoms with Gasteiger partial charge in [0.05, 0.1) is 12.2 Å². The monoisotopic (exact) mass is 514 g/mol. The van der Waals surface area contributed by atoms with Crippen molar-refractivity contribution < 1.29 is 38.3 Å². The highest BCUT2D eigenvalue weighted by Crippen LogP contribution is 2.36. The molecule has 4 rings (SSSR count). The Bertz CT molecular complexity index is 1160. The minimum Gasteiger partial charge on any atom is -0.394 e. The summed E-state index contributed by atoms with van der Waals surface area (Å²) >= 11 is 7.73. The van der Waals surface area contributed by atoms with Crippen LogP contribution in [-0.2, 0) is 11.2 Å². The molecule has 0 unspecified atom stereocenters. The Labute approximate surface area is 202 Å². The molecule has 1 saturated heterocycles. The number of alkyl halides is 2. The summed E-state index contributed by atoms with van der Waals surface area (Å²) in [5.41, 5.74) is 1.05. The topological polar surface area (TPSA) is 90.2 Å². The predicted octanol–water partition coefficient (Wildman–Crippen LogP) is 4.25. The molecule has 0 saturated carbocycles. The minimum absolute atomic E-state index is 0.395. The molecule has 2 aromatic carbocycles. The molecule has 0 aliphatic carbocycles. The van der Waals surface area contributed by atoms with Gasteiger partial charge in [-0.3, -0.25) is 0 Å². The Morgan fingerprint density at radius 1 is 0.971 bits per heavy atom. The number of aliphatic hydroxyl groups is 4. The van der Waals surface area contributed by atoms with Crippen LogP contribution in [0.4, 0.5) is 13.2 Å². The molecular formula is C24H22ClF3O5S. The number of hydrogen-bond acceptors (Lipinski definition) is 6. The van der Waals surface area contributed by atoms with Gasteiger partial charge in [0.25, 0.3) is 6.43 Å². The largest absolute Gasteiger partial charge is 0.394 e. The maximum Gasteiger partial charge on any atom is 0.266 e. The third kappa shape index (κ3) is 5.01. The fourth-order valence-electron chi connectivity index (χ4n) is 3.96. The van der Waals surface area contributed by atoms with E-state index < -0.39 is 54.9 Å². The average Bonchev–Trinajstić information content (AvgIpc) is 3.27. The van der Waals surface area contributed by atoms with Crippen LogP contribution in [-0.4, -0.2) is 51.4 Å². The van der Waals surface area contributed by atoms with E-state index in [0.717, 1.165) is 17.0 Å². The molecule has 0 bridgehead atoms. The zero-order chi connectivity index (χ0) is 24.6. The molecule has 0 radical (unpaired) electrons. The summed E-state index contributed by atoms with van der Waals surface area (Å²) in [4.78, 5) is 1.58. The van der Waals surface area contributed by atoms with Gasteiger partial charge in [-0.2, -0.15) is 0 Å². The lowest BCUT2D eigenvalue weighted by Gasteiger charge is -2.40. The van der Waals surface area contributed by atoms with Crippen LogP contribution in [0, 0.1) is 5.82 Å². The Kier molecular flexibility index (Phi) is 7.63. The van der Waals surface area contributed by atoms with Crippen LogP contribution in [0.5, 0.6) is 0 Å². The summed E-state index contributed by atoms with van der Waals surface area (Å²) in [6.45, 7) is -0.529. The average molecular weight is 515 g/mol. The van der Waals surface area contributed by atoms with Crippen LogP contribution in [0.25, 0.3) is 10.4 Å². The van der Waals surface area contributed by atoms with Crippen LogP contribution < -0.4 is 0 Å². The van der Waals surface area contributed by atoms with E-state index in [1.807, 2.05) is 6.07 Å². The van der Waals surface area contributed by atoms with E-state index in [9.17, 15) is 33.6 Å². The number of benzene rings is 2. The van der Waals surface area contributed by atoms with Crippen LogP contribution in [0.3, 0.4) is 0 Å². The second-order valence-electron chi connectivity index (χ2n) is 8.08. The Morgan fingerprint density at radius 3 is 2.41 bits per heavy atom. The molecule has 1 aliphatic rings. The summed E-state index contributed by atoms with van der Waals surface area (Å²) in [5, 5.41) is 40.4. The number of ether oxygens (including phenoxy) is 1. The summed E-state index contributed by atoms with van der Waals surface area (Å²) in [6, 6.07) is 12.2.